The average Bonchev–Trinajstić information content (AvgIpc) is 2.45. The van der Waals surface area contributed by atoms with Gasteiger partial charge in [0.25, 0.3) is 0 Å². The van der Waals surface area contributed by atoms with Crippen LogP contribution in [0.4, 0.5) is 11.4 Å². The van der Waals surface area contributed by atoms with Crippen LogP contribution in [0.2, 0.25) is 0 Å². The molecule has 1 aromatic heterocycles. The Kier molecular flexibility index (Phi) is 3.11. The average molecular weight is 262 g/mol. The maximum Gasteiger partial charge on any atom is 0.0751 e. The Labute approximate surface area is 114 Å². The molecule has 0 radical (unpaired) electrons. The van der Waals surface area contributed by atoms with Gasteiger partial charge in [-0.1, -0.05) is 0 Å². The van der Waals surface area contributed by atoms with Gasteiger partial charge in [-0.15, -0.1) is 0 Å². The number of nitrogens with two attached hydrogens (primary N) is 1. The number of hydrogen-bond acceptors (Lipinski definition) is 5. The molecular formula is C14H22N4O. The first-order valence-corrected chi connectivity index (χ1v) is 6.92. The van der Waals surface area contributed by atoms with E-state index in [1.807, 2.05) is 6.07 Å². The number of rotatable bonds is 2. The van der Waals surface area contributed by atoms with Crippen LogP contribution in [0.25, 0.3) is 0 Å². The standard InChI is InChI=1S/C14H22N4O/c1-11-14(2,10-19-11)18-7-5-17(6-8-18)13-3-4-16-9-12(13)15/h3-4,9,11H,5-8,10,15H2,1-2H3. The zero-order valence-electron chi connectivity index (χ0n) is 11.7. The first kappa shape index (κ1) is 12.7. The second-order valence-electron chi connectivity index (χ2n) is 5.72. The zero-order valence-corrected chi connectivity index (χ0v) is 11.7. The molecule has 0 aromatic carbocycles. The molecule has 2 atom stereocenters. The molecule has 3 heterocycles. The lowest BCUT2D eigenvalue weighted by Crippen LogP contribution is -2.68. The number of anilines is 2. The lowest BCUT2D eigenvalue weighted by molar-refractivity contribution is -0.186. The summed E-state index contributed by atoms with van der Waals surface area (Å²) in [5, 5.41) is 0. The zero-order chi connectivity index (χ0) is 13.5. The van der Waals surface area contributed by atoms with E-state index in [0.29, 0.717) is 6.10 Å². The summed E-state index contributed by atoms with van der Waals surface area (Å²) in [5.41, 5.74) is 8.09. The number of nitrogen functional groups attached to an aromatic ring is 1. The summed E-state index contributed by atoms with van der Waals surface area (Å²) in [5.74, 6) is 0. The minimum atomic E-state index is 0.218. The van der Waals surface area contributed by atoms with Crippen LogP contribution in [0.15, 0.2) is 18.5 Å². The maximum absolute atomic E-state index is 5.99. The molecule has 5 nitrogen and oxygen atoms in total. The third-order valence-corrected chi connectivity index (χ3v) is 4.67. The van der Waals surface area contributed by atoms with Crippen molar-refractivity contribution in [2.24, 2.45) is 0 Å². The number of hydrogen-bond donors (Lipinski definition) is 1. The molecule has 2 fully saturated rings. The minimum absolute atomic E-state index is 0.218. The van der Waals surface area contributed by atoms with Crippen molar-refractivity contribution >= 4 is 11.4 Å². The molecule has 5 heteroatoms. The Hall–Kier alpha value is -1.33. The van der Waals surface area contributed by atoms with Crippen LogP contribution in [-0.4, -0.2) is 54.3 Å². The summed E-state index contributed by atoms with van der Waals surface area (Å²) < 4.78 is 5.55. The Morgan fingerprint density at radius 2 is 2.11 bits per heavy atom. The highest BCUT2D eigenvalue weighted by atomic mass is 16.5. The van der Waals surface area contributed by atoms with E-state index < -0.39 is 0 Å². The molecule has 19 heavy (non-hydrogen) atoms. The van der Waals surface area contributed by atoms with E-state index in [-0.39, 0.29) is 5.54 Å². The summed E-state index contributed by atoms with van der Waals surface area (Å²) in [4.78, 5) is 8.95. The van der Waals surface area contributed by atoms with E-state index in [9.17, 15) is 0 Å². The first-order chi connectivity index (χ1) is 9.11. The summed E-state index contributed by atoms with van der Waals surface area (Å²) in [6.07, 6.45) is 3.87. The Balaban J connectivity index is 1.65. The summed E-state index contributed by atoms with van der Waals surface area (Å²) in [7, 11) is 0. The van der Waals surface area contributed by atoms with Crippen molar-refractivity contribution in [2.75, 3.05) is 43.4 Å². The topological polar surface area (TPSA) is 54.6 Å². The molecular weight excluding hydrogens is 240 g/mol. The number of nitrogens with zero attached hydrogens (tertiary/aromatic N) is 3. The summed E-state index contributed by atoms with van der Waals surface area (Å²) >= 11 is 0. The fraction of sp³-hybridized carbons (Fsp3) is 0.643. The lowest BCUT2D eigenvalue weighted by Gasteiger charge is -2.54. The number of pyridine rings is 1. The highest BCUT2D eigenvalue weighted by molar-refractivity contribution is 5.66. The summed E-state index contributed by atoms with van der Waals surface area (Å²) in [6.45, 7) is 9.46. The van der Waals surface area contributed by atoms with E-state index in [0.717, 1.165) is 44.2 Å². The molecule has 2 aliphatic heterocycles. The van der Waals surface area contributed by atoms with Gasteiger partial charge in [0, 0.05) is 32.4 Å². The SMILES string of the molecule is CC1OCC1(C)N1CCN(c2ccncc2N)CC1. The molecule has 2 saturated heterocycles. The van der Waals surface area contributed by atoms with E-state index in [1.54, 1.807) is 12.4 Å². The van der Waals surface area contributed by atoms with Gasteiger partial charge >= 0.3 is 0 Å². The van der Waals surface area contributed by atoms with Crippen LogP contribution >= 0.6 is 0 Å². The fourth-order valence-corrected chi connectivity index (χ4v) is 2.99. The highest BCUT2D eigenvalue weighted by Crippen LogP contribution is 2.33. The fourth-order valence-electron chi connectivity index (χ4n) is 2.99. The van der Waals surface area contributed by atoms with Gasteiger partial charge in [0.1, 0.15) is 0 Å². The molecule has 0 bridgehead atoms. The van der Waals surface area contributed by atoms with Gasteiger partial charge in [0.05, 0.1) is 35.8 Å². The van der Waals surface area contributed by atoms with E-state index in [2.05, 4.69) is 28.6 Å². The van der Waals surface area contributed by atoms with Crippen molar-refractivity contribution in [2.45, 2.75) is 25.5 Å². The van der Waals surface area contributed by atoms with Crippen LogP contribution in [0.5, 0.6) is 0 Å². The van der Waals surface area contributed by atoms with Gasteiger partial charge in [0.15, 0.2) is 0 Å². The van der Waals surface area contributed by atoms with Crippen LogP contribution in [-0.2, 0) is 4.74 Å². The van der Waals surface area contributed by atoms with E-state index in [1.165, 1.54) is 0 Å². The minimum Gasteiger partial charge on any atom is -0.396 e. The molecule has 2 aliphatic rings. The molecule has 0 aliphatic carbocycles. The monoisotopic (exact) mass is 262 g/mol. The van der Waals surface area contributed by atoms with Crippen LogP contribution in [0.1, 0.15) is 13.8 Å². The van der Waals surface area contributed by atoms with Crippen LogP contribution in [0, 0.1) is 0 Å². The molecule has 0 saturated carbocycles. The first-order valence-electron chi connectivity index (χ1n) is 6.92. The van der Waals surface area contributed by atoms with Crippen LogP contribution in [0.3, 0.4) is 0 Å². The van der Waals surface area contributed by atoms with Crippen molar-refractivity contribution < 1.29 is 4.74 Å². The number of piperazine rings is 1. The van der Waals surface area contributed by atoms with Crippen LogP contribution < -0.4 is 10.6 Å². The van der Waals surface area contributed by atoms with Crippen molar-refractivity contribution in [3.05, 3.63) is 18.5 Å². The van der Waals surface area contributed by atoms with Crippen molar-refractivity contribution in [1.29, 1.82) is 0 Å². The quantitative estimate of drug-likeness (QED) is 0.860. The predicted octanol–water partition coefficient (Wildman–Crippen LogP) is 0.963. The van der Waals surface area contributed by atoms with Gasteiger partial charge in [-0.25, -0.2) is 0 Å². The molecule has 2 unspecified atom stereocenters. The van der Waals surface area contributed by atoms with Crippen molar-refractivity contribution in [1.82, 2.24) is 9.88 Å². The summed E-state index contributed by atoms with van der Waals surface area (Å²) in [6, 6.07) is 2.00. The highest BCUT2D eigenvalue weighted by Gasteiger charge is 2.46. The van der Waals surface area contributed by atoms with E-state index >= 15 is 0 Å². The van der Waals surface area contributed by atoms with Gasteiger partial charge in [-0.05, 0) is 19.9 Å². The molecule has 0 amide bonds. The number of ether oxygens (including phenoxy) is 1. The smallest absolute Gasteiger partial charge is 0.0751 e. The maximum atomic E-state index is 5.99. The van der Waals surface area contributed by atoms with Crippen molar-refractivity contribution in [3.8, 4) is 0 Å². The molecule has 1 aromatic rings. The molecule has 2 N–H and O–H groups in total. The van der Waals surface area contributed by atoms with E-state index in [4.69, 9.17) is 10.5 Å². The molecule has 0 spiro atoms. The van der Waals surface area contributed by atoms with Gasteiger partial charge in [-0.2, -0.15) is 0 Å². The van der Waals surface area contributed by atoms with Gasteiger partial charge < -0.3 is 15.4 Å². The predicted molar refractivity (Wildman–Crippen MR) is 76.3 cm³/mol. The lowest BCUT2D eigenvalue weighted by atomic mass is 9.88. The second-order valence-corrected chi connectivity index (χ2v) is 5.72. The Bertz CT molecular complexity index is 459. The van der Waals surface area contributed by atoms with Gasteiger partial charge in [0.2, 0.25) is 0 Å². The Morgan fingerprint density at radius 3 is 2.63 bits per heavy atom. The third-order valence-electron chi connectivity index (χ3n) is 4.67. The number of aromatic nitrogens is 1. The molecule has 104 valence electrons. The third kappa shape index (κ3) is 2.07. The molecule has 3 rings (SSSR count). The second kappa shape index (κ2) is 4.65. The largest absolute Gasteiger partial charge is 0.396 e. The van der Waals surface area contributed by atoms with Crippen molar-refractivity contribution in [3.63, 3.8) is 0 Å². The van der Waals surface area contributed by atoms with Gasteiger partial charge in [-0.3, -0.25) is 9.88 Å². The normalized spacial score (nSPS) is 32.1. The Morgan fingerprint density at radius 1 is 1.37 bits per heavy atom.